The van der Waals surface area contributed by atoms with Crippen LogP contribution in [0.15, 0.2) is 72.8 Å². The summed E-state index contributed by atoms with van der Waals surface area (Å²) in [5.74, 6) is 0. The van der Waals surface area contributed by atoms with Crippen LogP contribution in [-0.2, 0) is 12.8 Å². The highest BCUT2D eigenvalue weighted by Gasteiger charge is 2.13. The third kappa shape index (κ3) is 6.95. The maximum atomic E-state index is 9.92. The van der Waals surface area contributed by atoms with E-state index in [1.54, 1.807) is 0 Å². The molecule has 0 saturated carbocycles. The molecule has 4 rings (SSSR count). The van der Waals surface area contributed by atoms with E-state index in [2.05, 4.69) is 72.8 Å². The number of thiophene rings is 2. The lowest BCUT2D eigenvalue weighted by Gasteiger charge is -2.10. The van der Waals surface area contributed by atoms with E-state index >= 15 is 0 Å². The summed E-state index contributed by atoms with van der Waals surface area (Å²) in [5, 5.41) is 19.8. The number of aliphatic hydroxyl groups excluding tert-OH is 2. The van der Waals surface area contributed by atoms with Gasteiger partial charge in [-0.1, -0.05) is 62.4 Å². The summed E-state index contributed by atoms with van der Waals surface area (Å²) >= 11 is 3.73. The Morgan fingerprint density at radius 3 is 1.36 bits per heavy atom. The average Bonchev–Trinajstić information content (AvgIpc) is 3.59. The van der Waals surface area contributed by atoms with Crippen LogP contribution in [0.2, 0.25) is 0 Å². The van der Waals surface area contributed by atoms with Gasteiger partial charge < -0.3 is 10.2 Å². The first-order valence-corrected chi connectivity index (χ1v) is 14.9. The predicted octanol–water partition coefficient (Wildman–Crippen LogP) is 9.00. The summed E-state index contributed by atoms with van der Waals surface area (Å²) in [6, 6.07) is 26.4. The summed E-state index contributed by atoms with van der Waals surface area (Å²) in [6.07, 6.45) is 7.00. The highest BCUT2D eigenvalue weighted by Crippen LogP contribution is 2.42. The maximum Gasteiger partial charge on any atom is 0.0537 e. The molecule has 0 aliphatic heterocycles. The van der Waals surface area contributed by atoms with Gasteiger partial charge in [0, 0.05) is 19.5 Å². The Morgan fingerprint density at radius 2 is 0.944 bits per heavy atom. The fourth-order valence-electron chi connectivity index (χ4n) is 4.65. The molecule has 36 heavy (non-hydrogen) atoms. The van der Waals surface area contributed by atoms with Gasteiger partial charge in [-0.15, -0.1) is 22.7 Å². The Bertz CT molecular complexity index is 1130. The zero-order valence-corrected chi connectivity index (χ0v) is 23.1. The lowest BCUT2D eigenvalue weighted by atomic mass is 9.99. The Balaban J connectivity index is 1.49. The summed E-state index contributed by atoms with van der Waals surface area (Å²) in [7, 11) is 0. The van der Waals surface area contributed by atoms with Gasteiger partial charge in [-0.25, -0.2) is 0 Å². The minimum Gasteiger partial charge on any atom is -0.393 e. The zero-order chi connectivity index (χ0) is 25.3. The molecule has 0 radical (unpaired) electrons. The van der Waals surface area contributed by atoms with Crippen molar-refractivity contribution in [3.63, 3.8) is 0 Å². The van der Waals surface area contributed by atoms with Gasteiger partial charge in [0.1, 0.15) is 0 Å². The normalized spacial score (nSPS) is 13.1. The third-order valence-corrected chi connectivity index (χ3v) is 9.36. The molecule has 4 aromatic rings. The van der Waals surface area contributed by atoms with E-state index in [4.69, 9.17) is 0 Å². The molecule has 0 aliphatic rings. The molecule has 2 N–H and O–H groups in total. The number of aryl methyl sites for hydroxylation is 2. The number of benzene rings is 2. The molecular formula is C32H38O2S2. The summed E-state index contributed by atoms with van der Waals surface area (Å²) < 4.78 is 0. The van der Waals surface area contributed by atoms with Gasteiger partial charge in [-0.05, 0) is 97.9 Å². The van der Waals surface area contributed by atoms with Crippen molar-refractivity contribution >= 4 is 22.7 Å². The zero-order valence-electron chi connectivity index (χ0n) is 21.5. The molecule has 0 spiro atoms. The fourth-order valence-corrected chi connectivity index (χ4v) is 6.88. The maximum absolute atomic E-state index is 9.92. The Labute approximate surface area is 224 Å². The molecule has 0 bridgehead atoms. The van der Waals surface area contributed by atoms with Gasteiger partial charge in [0.2, 0.25) is 0 Å². The molecule has 2 atom stereocenters. The van der Waals surface area contributed by atoms with Crippen molar-refractivity contribution in [1.82, 2.24) is 0 Å². The van der Waals surface area contributed by atoms with Crippen LogP contribution in [0, 0.1) is 0 Å². The molecule has 2 unspecified atom stereocenters. The quantitative estimate of drug-likeness (QED) is 0.185. The smallest absolute Gasteiger partial charge is 0.0537 e. The number of rotatable bonds is 13. The van der Waals surface area contributed by atoms with Crippen molar-refractivity contribution in [2.24, 2.45) is 0 Å². The van der Waals surface area contributed by atoms with Crippen LogP contribution in [0.25, 0.3) is 30.6 Å². The largest absolute Gasteiger partial charge is 0.393 e. The average molecular weight is 519 g/mol. The van der Waals surface area contributed by atoms with Crippen LogP contribution in [0.3, 0.4) is 0 Å². The molecule has 0 saturated heterocycles. The second kappa shape index (κ2) is 13.3. The fraction of sp³-hybridized carbons (Fsp3) is 0.375. The molecule has 2 aromatic heterocycles. The Hall–Kier alpha value is -2.24. The molecule has 2 nitrogen and oxygen atoms in total. The monoisotopic (exact) mass is 518 g/mol. The minimum absolute atomic E-state index is 0.188. The van der Waals surface area contributed by atoms with E-state index in [-0.39, 0.29) is 12.2 Å². The topological polar surface area (TPSA) is 40.5 Å². The van der Waals surface area contributed by atoms with Crippen LogP contribution in [-0.4, -0.2) is 22.4 Å². The molecule has 0 aliphatic carbocycles. The molecule has 0 fully saturated rings. The summed E-state index contributed by atoms with van der Waals surface area (Å²) in [4.78, 5) is 5.23. The highest BCUT2D eigenvalue weighted by molar-refractivity contribution is 7.25. The van der Waals surface area contributed by atoms with E-state index < -0.39 is 0 Å². The van der Waals surface area contributed by atoms with E-state index in [1.165, 1.54) is 41.8 Å². The van der Waals surface area contributed by atoms with Gasteiger partial charge >= 0.3 is 0 Å². The summed E-state index contributed by atoms with van der Waals surface area (Å²) in [5.41, 5.74) is 5.36. The summed E-state index contributed by atoms with van der Waals surface area (Å²) in [6.45, 7) is 4.08. The van der Waals surface area contributed by atoms with Crippen molar-refractivity contribution in [3.05, 3.63) is 83.9 Å². The molecule has 4 heteroatoms. The van der Waals surface area contributed by atoms with Crippen molar-refractivity contribution in [3.8, 4) is 30.6 Å². The first-order chi connectivity index (χ1) is 17.6. The van der Waals surface area contributed by atoms with Crippen LogP contribution in [0.5, 0.6) is 0 Å². The van der Waals surface area contributed by atoms with Gasteiger partial charge in [0.25, 0.3) is 0 Å². The molecular weight excluding hydrogens is 480 g/mol. The molecule has 190 valence electrons. The first-order valence-electron chi connectivity index (χ1n) is 13.3. The van der Waals surface area contributed by atoms with Crippen molar-refractivity contribution < 1.29 is 10.2 Å². The second-order valence-corrected chi connectivity index (χ2v) is 11.7. The van der Waals surface area contributed by atoms with Crippen molar-refractivity contribution in [2.75, 3.05) is 0 Å². The lowest BCUT2D eigenvalue weighted by Crippen LogP contribution is -2.04. The van der Waals surface area contributed by atoms with E-state index in [0.717, 1.165) is 51.4 Å². The van der Waals surface area contributed by atoms with Crippen LogP contribution in [0.1, 0.15) is 63.5 Å². The van der Waals surface area contributed by atoms with Crippen molar-refractivity contribution in [1.29, 1.82) is 0 Å². The Morgan fingerprint density at radius 1 is 0.556 bits per heavy atom. The molecule has 0 amide bonds. The molecule has 2 aromatic carbocycles. The SMILES string of the molecule is CCC(O)CCCc1ccccc1-c1ccc(-c2ccc(-c3ccccc3CCCC(O)CC)s2)s1. The first kappa shape index (κ1) is 26.8. The Kier molecular flexibility index (Phi) is 9.94. The van der Waals surface area contributed by atoms with E-state index in [9.17, 15) is 10.2 Å². The number of hydrogen-bond donors (Lipinski definition) is 2. The van der Waals surface area contributed by atoms with Gasteiger partial charge in [0.15, 0.2) is 0 Å². The lowest BCUT2D eigenvalue weighted by molar-refractivity contribution is 0.157. The second-order valence-electron chi connectivity index (χ2n) is 9.55. The van der Waals surface area contributed by atoms with E-state index in [0.29, 0.717) is 0 Å². The van der Waals surface area contributed by atoms with Crippen LogP contribution in [0.4, 0.5) is 0 Å². The third-order valence-electron chi connectivity index (χ3n) is 6.93. The predicted molar refractivity (Wildman–Crippen MR) is 157 cm³/mol. The van der Waals surface area contributed by atoms with Gasteiger partial charge in [-0.2, -0.15) is 0 Å². The standard InChI is InChI=1S/C32H38O2S2/c1-3-25(33)15-9-13-23-11-5-7-17-27(23)29-19-21-31(35-29)32-22-20-30(36-32)28-18-8-6-12-24(28)14-10-16-26(34)4-2/h5-8,11-12,17-22,25-26,33-34H,3-4,9-10,13-16H2,1-2H3. The van der Waals surface area contributed by atoms with Crippen molar-refractivity contribution in [2.45, 2.75) is 77.4 Å². The van der Waals surface area contributed by atoms with Gasteiger partial charge in [0.05, 0.1) is 12.2 Å². The number of aliphatic hydroxyl groups is 2. The minimum atomic E-state index is -0.188. The van der Waals surface area contributed by atoms with E-state index in [1.807, 2.05) is 36.5 Å². The highest BCUT2D eigenvalue weighted by atomic mass is 32.1. The molecule has 2 heterocycles. The number of hydrogen-bond acceptors (Lipinski definition) is 4. The van der Waals surface area contributed by atoms with Crippen LogP contribution < -0.4 is 0 Å². The van der Waals surface area contributed by atoms with Gasteiger partial charge in [-0.3, -0.25) is 0 Å². The van der Waals surface area contributed by atoms with Crippen LogP contribution >= 0.6 is 22.7 Å².